The Morgan fingerprint density at radius 3 is 2.69 bits per heavy atom. The zero-order valence-corrected chi connectivity index (χ0v) is 8.81. The predicted molar refractivity (Wildman–Crippen MR) is 47.0 cm³/mol. The molecule has 1 rings (SSSR count). The molecule has 0 spiro atoms. The Morgan fingerprint density at radius 1 is 1.69 bits per heavy atom. The Bertz CT molecular complexity index is 295. The second kappa shape index (κ2) is 3.61. The molecule has 0 fully saturated rings. The summed E-state index contributed by atoms with van der Waals surface area (Å²) >= 11 is 3.13. The number of aryl methyl sites for hydroxylation is 1. The molecular weight excluding hydrogens is 246 g/mol. The lowest BCUT2D eigenvalue weighted by Crippen LogP contribution is -2.21. The maximum Gasteiger partial charge on any atom is 0.278 e. The maximum atomic E-state index is 12.4. The normalized spacial score (nSPS) is 11.8. The van der Waals surface area contributed by atoms with Crippen molar-refractivity contribution >= 4 is 15.9 Å². The third-order valence-electron chi connectivity index (χ3n) is 1.22. The molecule has 1 aromatic heterocycles. The van der Waals surface area contributed by atoms with Gasteiger partial charge in [-0.3, -0.25) is 4.68 Å². The van der Waals surface area contributed by atoms with E-state index in [0.29, 0.717) is 4.47 Å². The van der Waals surface area contributed by atoms with Crippen molar-refractivity contribution < 1.29 is 13.5 Å². The molecule has 0 aliphatic heterocycles. The topological polar surface area (TPSA) is 27.1 Å². The van der Waals surface area contributed by atoms with Crippen molar-refractivity contribution in [2.24, 2.45) is 7.05 Å². The fourth-order valence-electron chi connectivity index (χ4n) is 0.732. The molecule has 0 aliphatic rings. The summed E-state index contributed by atoms with van der Waals surface area (Å²) in [5.74, 6) is -2.65. The molecule has 3 nitrogen and oxygen atoms in total. The number of rotatable bonds is 3. The molecule has 13 heavy (non-hydrogen) atoms. The summed E-state index contributed by atoms with van der Waals surface area (Å²) in [6, 6.07) is 0. The minimum Gasteiger partial charge on any atom is -0.469 e. The number of halogens is 3. The molecule has 6 heteroatoms. The first kappa shape index (κ1) is 10.4. The van der Waals surface area contributed by atoms with Gasteiger partial charge in [-0.15, -0.1) is 5.10 Å². The minimum atomic E-state index is -2.84. The first-order chi connectivity index (χ1) is 5.88. The number of nitrogens with zero attached hydrogens (tertiary/aromatic N) is 2. The monoisotopic (exact) mass is 254 g/mol. The van der Waals surface area contributed by atoms with Crippen LogP contribution in [0.25, 0.3) is 0 Å². The Hall–Kier alpha value is -0.650. The van der Waals surface area contributed by atoms with Crippen molar-refractivity contribution in [3.63, 3.8) is 0 Å². The molecule has 1 aromatic rings. The van der Waals surface area contributed by atoms with E-state index in [4.69, 9.17) is 4.74 Å². The van der Waals surface area contributed by atoms with Crippen molar-refractivity contribution in [1.82, 2.24) is 9.78 Å². The summed E-state index contributed by atoms with van der Waals surface area (Å²) in [4.78, 5) is 0. The molecule has 0 aliphatic carbocycles. The SMILES string of the molecule is Cn1cc(Br)c(OCC(C)(F)F)n1. The van der Waals surface area contributed by atoms with Crippen LogP contribution in [0.4, 0.5) is 8.78 Å². The molecule has 0 unspecified atom stereocenters. The van der Waals surface area contributed by atoms with Gasteiger partial charge in [0.1, 0.15) is 0 Å². The van der Waals surface area contributed by atoms with Crippen molar-refractivity contribution in [3.8, 4) is 5.88 Å². The molecule has 0 N–H and O–H groups in total. The van der Waals surface area contributed by atoms with Gasteiger partial charge in [0.25, 0.3) is 5.92 Å². The van der Waals surface area contributed by atoms with E-state index in [0.717, 1.165) is 6.92 Å². The summed E-state index contributed by atoms with van der Waals surface area (Å²) in [5, 5.41) is 3.83. The molecule has 0 bridgehead atoms. The van der Waals surface area contributed by atoms with Gasteiger partial charge in [-0.05, 0) is 15.9 Å². The molecule has 0 saturated heterocycles. The van der Waals surface area contributed by atoms with E-state index in [-0.39, 0.29) is 5.88 Å². The van der Waals surface area contributed by atoms with Gasteiger partial charge < -0.3 is 4.74 Å². The van der Waals surface area contributed by atoms with E-state index >= 15 is 0 Å². The first-order valence-electron chi connectivity index (χ1n) is 3.58. The average molecular weight is 255 g/mol. The van der Waals surface area contributed by atoms with Gasteiger partial charge in [-0.1, -0.05) is 0 Å². The number of ether oxygens (including phenoxy) is 1. The molecule has 74 valence electrons. The van der Waals surface area contributed by atoms with E-state index in [2.05, 4.69) is 21.0 Å². The summed E-state index contributed by atoms with van der Waals surface area (Å²) in [7, 11) is 1.68. The third-order valence-corrected chi connectivity index (χ3v) is 1.76. The smallest absolute Gasteiger partial charge is 0.278 e. The Kier molecular flexibility index (Phi) is 2.90. The van der Waals surface area contributed by atoms with E-state index < -0.39 is 12.5 Å². The fraction of sp³-hybridized carbons (Fsp3) is 0.571. The van der Waals surface area contributed by atoms with Crippen LogP contribution in [-0.2, 0) is 7.05 Å². The van der Waals surface area contributed by atoms with Gasteiger partial charge in [0.15, 0.2) is 6.61 Å². The van der Waals surface area contributed by atoms with Crippen molar-refractivity contribution in [3.05, 3.63) is 10.7 Å². The van der Waals surface area contributed by atoms with Gasteiger partial charge in [0.05, 0.1) is 4.47 Å². The quantitative estimate of drug-likeness (QED) is 0.827. The Balaban J connectivity index is 2.59. The molecule has 0 aromatic carbocycles. The summed E-state index contributed by atoms with van der Waals surface area (Å²) in [6.45, 7) is 0.131. The molecule has 0 atom stereocenters. The molecule has 0 radical (unpaired) electrons. The zero-order chi connectivity index (χ0) is 10.1. The summed E-state index contributed by atoms with van der Waals surface area (Å²) in [6.07, 6.45) is 1.63. The lowest BCUT2D eigenvalue weighted by atomic mass is 10.4. The summed E-state index contributed by atoms with van der Waals surface area (Å²) in [5.41, 5.74) is 0. The van der Waals surface area contributed by atoms with Gasteiger partial charge in [0.2, 0.25) is 5.88 Å². The van der Waals surface area contributed by atoms with Crippen molar-refractivity contribution in [1.29, 1.82) is 0 Å². The van der Waals surface area contributed by atoms with Crippen LogP contribution in [0.2, 0.25) is 0 Å². The highest BCUT2D eigenvalue weighted by Crippen LogP contribution is 2.23. The van der Waals surface area contributed by atoms with Crippen LogP contribution >= 0.6 is 15.9 Å². The number of hydrogen-bond donors (Lipinski definition) is 0. The highest BCUT2D eigenvalue weighted by Gasteiger charge is 2.23. The van der Waals surface area contributed by atoms with E-state index in [9.17, 15) is 8.78 Å². The van der Waals surface area contributed by atoms with Gasteiger partial charge >= 0.3 is 0 Å². The van der Waals surface area contributed by atoms with Crippen LogP contribution in [0, 0.1) is 0 Å². The Labute approximate surface area is 82.8 Å². The zero-order valence-electron chi connectivity index (χ0n) is 7.22. The second-order valence-corrected chi connectivity index (χ2v) is 3.67. The largest absolute Gasteiger partial charge is 0.469 e. The highest BCUT2D eigenvalue weighted by atomic mass is 79.9. The number of aromatic nitrogens is 2. The van der Waals surface area contributed by atoms with Crippen LogP contribution in [0.3, 0.4) is 0 Å². The lowest BCUT2D eigenvalue weighted by molar-refractivity contribution is -0.0245. The van der Waals surface area contributed by atoms with Crippen molar-refractivity contribution in [2.75, 3.05) is 6.61 Å². The highest BCUT2D eigenvalue weighted by molar-refractivity contribution is 9.10. The lowest BCUT2D eigenvalue weighted by Gasteiger charge is -2.09. The molecular formula is C7H9BrF2N2O. The molecule has 0 saturated carbocycles. The number of alkyl halides is 2. The summed E-state index contributed by atoms with van der Waals surface area (Å²) < 4.78 is 31.6. The molecule has 1 heterocycles. The average Bonchev–Trinajstić information content (AvgIpc) is 2.24. The van der Waals surface area contributed by atoms with E-state index in [1.165, 1.54) is 4.68 Å². The van der Waals surface area contributed by atoms with E-state index in [1.54, 1.807) is 13.2 Å². The Morgan fingerprint density at radius 2 is 2.31 bits per heavy atom. The van der Waals surface area contributed by atoms with Crippen LogP contribution in [0.15, 0.2) is 10.7 Å². The minimum absolute atomic E-state index is 0.184. The van der Waals surface area contributed by atoms with Crippen LogP contribution in [-0.4, -0.2) is 22.3 Å². The standard InChI is InChI=1S/C7H9BrF2N2O/c1-7(9,10)4-13-6-5(8)3-12(2)11-6/h3H,4H2,1-2H3. The van der Waals surface area contributed by atoms with Gasteiger partial charge in [-0.2, -0.15) is 0 Å². The predicted octanol–water partition coefficient (Wildman–Crippen LogP) is 2.22. The second-order valence-electron chi connectivity index (χ2n) is 2.81. The maximum absolute atomic E-state index is 12.4. The number of hydrogen-bond acceptors (Lipinski definition) is 2. The van der Waals surface area contributed by atoms with Crippen LogP contribution in [0.5, 0.6) is 5.88 Å². The third kappa shape index (κ3) is 3.30. The van der Waals surface area contributed by atoms with E-state index in [1.807, 2.05) is 0 Å². The van der Waals surface area contributed by atoms with Gasteiger partial charge in [0, 0.05) is 20.2 Å². The fourth-order valence-corrected chi connectivity index (χ4v) is 1.22. The van der Waals surface area contributed by atoms with Crippen LogP contribution < -0.4 is 4.74 Å². The molecule has 0 amide bonds. The van der Waals surface area contributed by atoms with Crippen LogP contribution in [0.1, 0.15) is 6.92 Å². The first-order valence-corrected chi connectivity index (χ1v) is 4.37. The van der Waals surface area contributed by atoms with Crippen molar-refractivity contribution in [2.45, 2.75) is 12.8 Å². The van der Waals surface area contributed by atoms with Gasteiger partial charge in [-0.25, -0.2) is 8.78 Å².